The van der Waals surface area contributed by atoms with Gasteiger partial charge in [-0.15, -0.1) is 5.16 Å². The monoisotopic (exact) mass is 129 g/mol. The lowest BCUT2D eigenvalue weighted by Gasteiger charge is -2.11. The molecule has 0 aromatic carbocycles. The molecule has 0 aromatic heterocycles. The Bertz CT molecular complexity index is 88.9. The van der Waals surface area contributed by atoms with Crippen molar-refractivity contribution in [3.05, 3.63) is 0 Å². The molecular formula is C7H15NO. The maximum absolute atomic E-state index is 8.19. The third-order valence-corrected chi connectivity index (χ3v) is 1.59. The first-order valence-corrected chi connectivity index (χ1v) is 3.39. The van der Waals surface area contributed by atoms with Crippen LogP contribution in [0.4, 0.5) is 0 Å². The van der Waals surface area contributed by atoms with Gasteiger partial charge >= 0.3 is 0 Å². The molecule has 0 spiro atoms. The van der Waals surface area contributed by atoms with Gasteiger partial charge in [0.25, 0.3) is 0 Å². The van der Waals surface area contributed by atoms with Crippen LogP contribution in [0.5, 0.6) is 0 Å². The van der Waals surface area contributed by atoms with Crippen molar-refractivity contribution in [1.82, 2.24) is 0 Å². The molecule has 0 radical (unpaired) electrons. The van der Waals surface area contributed by atoms with Crippen LogP contribution < -0.4 is 0 Å². The van der Waals surface area contributed by atoms with Crippen LogP contribution >= 0.6 is 0 Å². The highest BCUT2D eigenvalue weighted by molar-refractivity contribution is 5.59. The summed E-state index contributed by atoms with van der Waals surface area (Å²) in [7, 11) is 0. The Morgan fingerprint density at radius 3 is 2.22 bits per heavy atom. The number of hydrogen-bond acceptors (Lipinski definition) is 2. The van der Waals surface area contributed by atoms with Crippen molar-refractivity contribution in [3.63, 3.8) is 0 Å². The van der Waals surface area contributed by atoms with Crippen LogP contribution in [-0.2, 0) is 0 Å². The van der Waals surface area contributed by atoms with Crippen molar-refractivity contribution in [2.24, 2.45) is 17.0 Å². The van der Waals surface area contributed by atoms with E-state index < -0.39 is 0 Å². The summed E-state index contributed by atoms with van der Waals surface area (Å²) in [6.07, 6.45) is 2.65. The molecule has 9 heavy (non-hydrogen) atoms. The van der Waals surface area contributed by atoms with E-state index in [4.69, 9.17) is 5.21 Å². The van der Waals surface area contributed by atoms with E-state index >= 15 is 0 Å². The summed E-state index contributed by atoms with van der Waals surface area (Å²) in [5.41, 5.74) is 0. The van der Waals surface area contributed by atoms with E-state index in [1.807, 2.05) is 0 Å². The maximum Gasteiger partial charge on any atom is 0.0469 e. The van der Waals surface area contributed by atoms with Gasteiger partial charge in [0.15, 0.2) is 0 Å². The fourth-order valence-electron chi connectivity index (χ4n) is 0.835. The van der Waals surface area contributed by atoms with Gasteiger partial charge in [-0.2, -0.15) is 0 Å². The lowest BCUT2D eigenvalue weighted by atomic mass is 9.95. The number of rotatable bonds is 3. The molecule has 1 unspecified atom stereocenters. The smallest absolute Gasteiger partial charge is 0.0469 e. The number of hydrogen-bond donors (Lipinski definition) is 1. The Balaban J connectivity index is 3.68. The second kappa shape index (κ2) is 4.36. The molecule has 0 fully saturated rings. The number of oxime groups is 1. The summed E-state index contributed by atoms with van der Waals surface area (Å²) in [6, 6.07) is 0. The highest BCUT2D eigenvalue weighted by Crippen LogP contribution is 2.11. The van der Waals surface area contributed by atoms with E-state index in [-0.39, 0.29) is 0 Å². The minimum Gasteiger partial charge on any atom is -0.411 e. The van der Waals surface area contributed by atoms with Gasteiger partial charge in [-0.25, -0.2) is 0 Å². The Morgan fingerprint density at radius 2 is 2.11 bits per heavy atom. The molecule has 0 aliphatic heterocycles. The van der Waals surface area contributed by atoms with Gasteiger partial charge in [0.2, 0.25) is 0 Å². The fourth-order valence-corrected chi connectivity index (χ4v) is 0.835. The minimum atomic E-state index is 0.426. The molecule has 0 bridgehead atoms. The standard InChI is InChI=1S/C7H15NO/c1-4-7(5-8-9)6(2)3/h5-7,9H,4H2,1-3H3/b8-5+. The molecule has 0 rings (SSSR count). The van der Waals surface area contributed by atoms with Gasteiger partial charge in [-0.1, -0.05) is 20.8 Å². The molecule has 0 aromatic rings. The van der Waals surface area contributed by atoms with Crippen molar-refractivity contribution < 1.29 is 5.21 Å². The first kappa shape index (κ1) is 8.47. The lowest BCUT2D eigenvalue weighted by molar-refractivity contribution is 0.314. The zero-order valence-electron chi connectivity index (χ0n) is 6.33. The zero-order valence-corrected chi connectivity index (χ0v) is 6.33. The summed E-state index contributed by atoms with van der Waals surface area (Å²) in [5.74, 6) is 1.00. The molecule has 54 valence electrons. The average Bonchev–Trinajstić information content (AvgIpc) is 1.82. The van der Waals surface area contributed by atoms with E-state index in [0.29, 0.717) is 11.8 Å². The van der Waals surface area contributed by atoms with Gasteiger partial charge in [0, 0.05) is 6.21 Å². The van der Waals surface area contributed by atoms with Gasteiger partial charge in [0.05, 0.1) is 0 Å². The SMILES string of the molecule is CCC(/C=N/O)C(C)C. The Kier molecular flexibility index (Phi) is 4.10. The highest BCUT2D eigenvalue weighted by Gasteiger charge is 2.06. The van der Waals surface area contributed by atoms with Gasteiger partial charge in [-0.05, 0) is 18.3 Å². The van der Waals surface area contributed by atoms with Crippen LogP contribution in [0.25, 0.3) is 0 Å². The number of nitrogens with zero attached hydrogens (tertiary/aromatic N) is 1. The molecule has 0 saturated heterocycles. The summed E-state index contributed by atoms with van der Waals surface area (Å²) in [6.45, 7) is 6.33. The summed E-state index contributed by atoms with van der Waals surface area (Å²) in [4.78, 5) is 0. The maximum atomic E-state index is 8.19. The molecule has 0 saturated carbocycles. The van der Waals surface area contributed by atoms with Crippen LogP contribution in [0.15, 0.2) is 5.16 Å². The third-order valence-electron chi connectivity index (χ3n) is 1.59. The van der Waals surface area contributed by atoms with Crippen molar-refractivity contribution in [2.75, 3.05) is 0 Å². The van der Waals surface area contributed by atoms with Crippen molar-refractivity contribution in [1.29, 1.82) is 0 Å². The van der Waals surface area contributed by atoms with Crippen LogP contribution in [0.2, 0.25) is 0 Å². The topological polar surface area (TPSA) is 32.6 Å². The fraction of sp³-hybridized carbons (Fsp3) is 0.857. The van der Waals surface area contributed by atoms with E-state index in [2.05, 4.69) is 25.9 Å². The zero-order chi connectivity index (χ0) is 7.28. The van der Waals surface area contributed by atoms with Crippen LogP contribution in [0, 0.1) is 11.8 Å². The van der Waals surface area contributed by atoms with Gasteiger partial charge in [0.1, 0.15) is 0 Å². The van der Waals surface area contributed by atoms with E-state index in [9.17, 15) is 0 Å². The molecule has 0 heterocycles. The highest BCUT2D eigenvalue weighted by atomic mass is 16.4. The van der Waals surface area contributed by atoms with Crippen molar-refractivity contribution in [2.45, 2.75) is 27.2 Å². The van der Waals surface area contributed by atoms with Crippen molar-refractivity contribution >= 4 is 6.21 Å². The van der Waals surface area contributed by atoms with Gasteiger partial charge in [-0.3, -0.25) is 0 Å². The summed E-state index contributed by atoms with van der Waals surface area (Å²) in [5, 5.41) is 11.2. The minimum absolute atomic E-state index is 0.426. The van der Waals surface area contributed by atoms with Crippen molar-refractivity contribution in [3.8, 4) is 0 Å². The molecule has 1 N–H and O–H groups in total. The molecule has 0 aliphatic carbocycles. The van der Waals surface area contributed by atoms with Gasteiger partial charge < -0.3 is 5.21 Å². The summed E-state index contributed by atoms with van der Waals surface area (Å²) >= 11 is 0. The Morgan fingerprint density at radius 1 is 1.56 bits per heavy atom. The Labute approximate surface area is 56.6 Å². The lowest BCUT2D eigenvalue weighted by Crippen LogP contribution is -2.08. The normalized spacial score (nSPS) is 15.1. The van der Waals surface area contributed by atoms with E-state index in [1.165, 1.54) is 0 Å². The predicted octanol–water partition coefficient (Wildman–Crippen LogP) is 2.13. The molecule has 0 aliphatic rings. The molecule has 1 atom stereocenters. The quantitative estimate of drug-likeness (QED) is 0.353. The van der Waals surface area contributed by atoms with Crippen LogP contribution in [-0.4, -0.2) is 11.4 Å². The second-order valence-corrected chi connectivity index (χ2v) is 2.58. The van der Waals surface area contributed by atoms with E-state index in [0.717, 1.165) is 6.42 Å². The summed E-state index contributed by atoms with van der Waals surface area (Å²) < 4.78 is 0. The predicted molar refractivity (Wildman–Crippen MR) is 38.9 cm³/mol. The molecule has 2 nitrogen and oxygen atoms in total. The van der Waals surface area contributed by atoms with E-state index in [1.54, 1.807) is 6.21 Å². The Hall–Kier alpha value is -0.530. The van der Waals surface area contributed by atoms with Crippen LogP contribution in [0.1, 0.15) is 27.2 Å². The average molecular weight is 129 g/mol. The molecular weight excluding hydrogens is 114 g/mol. The molecule has 2 heteroatoms. The largest absolute Gasteiger partial charge is 0.411 e. The molecule has 0 amide bonds. The van der Waals surface area contributed by atoms with Crippen LogP contribution in [0.3, 0.4) is 0 Å². The first-order chi connectivity index (χ1) is 4.22. The first-order valence-electron chi connectivity index (χ1n) is 3.39. The third kappa shape index (κ3) is 3.12. The second-order valence-electron chi connectivity index (χ2n) is 2.58.